The molecule has 110 valence electrons. The second kappa shape index (κ2) is 7.67. The van der Waals surface area contributed by atoms with Crippen molar-refractivity contribution < 1.29 is 9.53 Å². The summed E-state index contributed by atoms with van der Waals surface area (Å²) in [5, 5.41) is 2.97. The lowest BCUT2D eigenvalue weighted by atomic mass is 10.1. The van der Waals surface area contributed by atoms with Gasteiger partial charge in [0.15, 0.2) is 0 Å². The summed E-state index contributed by atoms with van der Waals surface area (Å²) >= 11 is 0. The summed E-state index contributed by atoms with van der Waals surface area (Å²) in [6.07, 6.45) is 5.98. The first kappa shape index (κ1) is 14.6. The Balaban J connectivity index is 1.82. The molecule has 0 saturated carbocycles. The zero-order valence-corrected chi connectivity index (χ0v) is 12.0. The van der Waals surface area contributed by atoms with Crippen LogP contribution in [0, 0.1) is 0 Å². The van der Waals surface area contributed by atoms with Crippen LogP contribution >= 0.6 is 0 Å². The lowest BCUT2D eigenvalue weighted by Crippen LogP contribution is -2.39. The first-order valence-electron chi connectivity index (χ1n) is 7.27. The van der Waals surface area contributed by atoms with E-state index in [9.17, 15) is 4.79 Å². The van der Waals surface area contributed by atoms with Crippen molar-refractivity contribution in [3.63, 3.8) is 0 Å². The van der Waals surface area contributed by atoms with Gasteiger partial charge in [-0.1, -0.05) is 6.92 Å². The van der Waals surface area contributed by atoms with Crippen LogP contribution in [0.15, 0.2) is 12.3 Å². The quantitative estimate of drug-likeness (QED) is 0.857. The number of carbonyl (C=O) groups excluding carboxylic acids is 1. The van der Waals surface area contributed by atoms with Crippen molar-refractivity contribution in [1.82, 2.24) is 14.9 Å². The van der Waals surface area contributed by atoms with E-state index in [2.05, 4.69) is 15.3 Å². The molecular formula is C14H22N4O2. The van der Waals surface area contributed by atoms with Crippen LogP contribution in [0.2, 0.25) is 0 Å². The van der Waals surface area contributed by atoms with Crippen LogP contribution in [0.1, 0.15) is 32.6 Å². The van der Waals surface area contributed by atoms with E-state index < -0.39 is 0 Å². The maximum absolute atomic E-state index is 12.0. The van der Waals surface area contributed by atoms with Gasteiger partial charge in [0.25, 0.3) is 0 Å². The zero-order valence-electron chi connectivity index (χ0n) is 12.0. The van der Waals surface area contributed by atoms with E-state index in [4.69, 9.17) is 4.74 Å². The Kier molecular flexibility index (Phi) is 5.58. The molecule has 0 unspecified atom stereocenters. The molecule has 1 fully saturated rings. The minimum Gasteiger partial charge on any atom is -0.478 e. The fourth-order valence-corrected chi connectivity index (χ4v) is 2.12. The SMILES string of the molecule is CCCOc1ccnc(NCC(=O)N2CCCCC2)n1. The van der Waals surface area contributed by atoms with Gasteiger partial charge in [0.1, 0.15) is 0 Å². The number of carbonyl (C=O) groups is 1. The topological polar surface area (TPSA) is 67.3 Å². The molecule has 0 aliphatic carbocycles. The third kappa shape index (κ3) is 4.36. The van der Waals surface area contributed by atoms with Gasteiger partial charge in [-0.05, 0) is 25.7 Å². The smallest absolute Gasteiger partial charge is 0.241 e. The van der Waals surface area contributed by atoms with Crippen LogP contribution in [-0.2, 0) is 4.79 Å². The molecule has 6 nitrogen and oxygen atoms in total. The Morgan fingerprint density at radius 3 is 2.95 bits per heavy atom. The third-order valence-corrected chi connectivity index (χ3v) is 3.19. The van der Waals surface area contributed by atoms with Gasteiger partial charge in [-0.15, -0.1) is 0 Å². The molecule has 6 heteroatoms. The molecule has 1 aliphatic heterocycles. The van der Waals surface area contributed by atoms with Gasteiger partial charge >= 0.3 is 0 Å². The Morgan fingerprint density at radius 1 is 1.40 bits per heavy atom. The maximum atomic E-state index is 12.0. The first-order chi connectivity index (χ1) is 9.79. The molecule has 1 amide bonds. The molecule has 0 spiro atoms. The number of nitrogens with zero attached hydrogens (tertiary/aromatic N) is 3. The molecule has 0 aromatic carbocycles. The molecule has 20 heavy (non-hydrogen) atoms. The van der Waals surface area contributed by atoms with Crippen LogP contribution in [0.3, 0.4) is 0 Å². The largest absolute Gasteiger partial charge is 0.478 e. The standard InChI is InChI=1S/C14H22N4O2/c1-2-10-20-12-6-7-15-14(17-12)16-11-13(19)18-8-4-3-5-9-18/h6-7H,2-5,8-11H2,1H3,(H,15,16,17). The predicted molar refractivity (Wildman–Crippen MR) is 76.7 cm³/mol. The van der Waals surface area contributed by atoms with Crippen molar-refractivity contribution >= 4 is 11.9 Å². The number of rotatable bonds is 6. The molecule has 0 bridgehead atoms. The van der Waals surface area contributed by atoms with Crippen molar-refractivity contribution in [1.29, 1.82) is 0 Å². The predicted octanol–water partition coefficient (Wildman–Crippen LogP) is 1.69. The van der Waals surface area contributed by atoms with Crippen molar-refractivity contribution in [2.45, 2.75) is 32.6 Å². The molecule has 1 aromatic rings. The minimum absolute atomic E-state index is 0.105. The lowest BCUT2D eigenvalue weighted by Gasteiger charge is -2.26. The molecule has 1 aromatic heterocycles. The van der Waals surface area contributed by atoms with Gasteiger partial charge in [-0.2, -0.15) is 4.98 Å². The number of hydrogen-bond donors (Lipinski definition) is 1. The molecule has 0 atom stereocenters. The minimum atomic E-state index is 0.105. The molecule has 1 N–H and O–H groups in total. The molecule has 0 radical (unpaired) electrons. The van der Waals surface area contributed by atoms with Gasteiger partial charge in [0.05, 0.1) is 13.2 Å². The second-order valence-electron chi connectivity index (χ2n) is 4.86. The van der Waals surface area contributed by atoms with E-state index in [0.717, 1.165) is 32.4 Å². The van der Waals surface area contributed by atoms with Crippen LogP contribution in [-0.4, -0.2) is 47.0 Å². The van der Waals surface area contributed by atoms with Crippen molar-refractivity contribution in [2.75, 3.05) is 31.6 Å². The Hall–Kier alpha value is -1.85. The normalized spacial score (nSPS) is 14.9. The van der Waals surface area contributed by atoms with E-state index in [1.54, 1.807) is 12.3 Å². The fraction of sp³-hybridized carbons (Fsp3) is 0.643. The number of piperidine rings is 1. The van der Waals surface area contributed by atoms with E-state index in [1.807, 2.05) is 11.8 Å². The highest BCUT2D eigenvalue weighted by molar-refractivity contribution is 5.80. The van der Waals surface area contributed by atoms with E-state index >= 15 is 0 Å². The van der Waals surface area contributed by atoms with E-state index in [1.165, 1.54) is 6.42 Å². The monoisotopic (exact) mass is 278 g/mol. The Labute approximate surface area is 119 Å². The number of anilines is 1. The van der Waals surface area contributed by atoms with E-state index in [0.29, 0.717) is 18.4 Å². The summed E-state index contributed by atoms with van der Waals surface area (Å²) in [6.45, 7) is 4.63. The number of aromatic nitrogens is 2. The maximum Gasteiger partial charge on any atom is 0.241 e. The summed E-state index contributed by atoms with van der Waals surface area (Å²) in [6, 6.07) is 1.72. The second-order valence-corrected chi connectivity index (χ2v) is 4.86. The summed E-state index contributed by atoms with van der Waals surface area (Å²) in [7, 11) is 0. The molecule has 2 heterocycles. The highest BCUT2D eigenvalue weighted by atomic mass is 16.5. The van der Waals surface area contributed by atoms with Crippen LogP contribution in [0.25, 0.3) is 0 Å². The van der Waals surface area contributed by atoms with Gasteiger partial charge in [0, 0.05) is 25.4 Å². The van der Waals surface area contributed by atoms with Crippen LogP contribution < -0.4 is 10.1 Å². The number of hydrogen-bond acceptors (Lipinski definition) is 5. The number of ether oxygens (including phenoxy) is 1. The van der Waals surface area contributed by atoms with Gasteiger partial charge in [0.2, 0.25) is 17.7 Å². The van der Waals surface area contributed by atoms with Crippen molar-refractivity contribution in [3.8, 4) is 5.88 Å². The van der Waals surface area contributed by atoms with Crippen molar-refractivity contribution in [2.24, 2.45) is 0 Å². The molecule has 1 aliphatic rings. The van der Waals surface area contributed by atoms with Gasteiger partial charge in [-0.25, -0.2) is 4.98 Å². The third-order valence-electron chi connectivity index (χ3n) is 3.19. The van der Waals surface area contributed by atoms with Crippen molar-refractivity contribution in [3.05, 3.63) is 12.3 Å². The Bertz CT molecular complexity index is 433. The fourth-order valence-electron chi connectivity index (χ4n) is 2.12. The average molecular weight is 278 g/mol. The number of nitrogens with one attached hydrogen (secondary N) is 1. The highest BCUT2D eigenvalue weighted by Gasteiger charge is 2.16. The molecular weight excluding hydrogens is 256 g/mol. The Morgan fingerprint density at radius 2 is 2.20 bits per heavy atom. The van der Waals surface area contributed by atoms with Gasteiger partial charge < -0.3 is 15.0 Å². The van der Waals surface area contributed by atoms with E-state index in [-0.39, 0.29) is 12.5 Å². The lowest BCUT2D eigenvalue weighted by molar-refractivity contribution is -0.130. The summed E-state index contributed by atoms with van der Waals surface area (Å²) in [5.74, 6) is 1.08. The summed E-state index contributed by atoms with van der Waals surface area (Å²) < 4.78 is 5.43. The first-order valence-corrected chi connectivity index (χ1v) is 7.27. The summed E-state index contributed by atoms with van der Waals surface area (Å²) in [5.41, 5.74) is 0. The zero-order chi connectivity index (χ0) is 14.2. The van der Waals surface area contributed by atoms with Gasteiger partial charge in [-0.3, -0.25) is 4.79 Å². The summed E-state index contributed by atoms with van der Waals surface area (Å²) in [4.78, 5) is 22.2. The molecule has 2 rings (SSSR count). The van der Waals surface area contributed by atoms with Crippen LogP contribution in [0.4, 0.5) is 5.95 Å². The average Bonchev–Trinajstić information content (AvgIpc) is 2.52. The highest BCUT2D eigenvalue weighted by Crippen LogP contribution is 2.10. The van der Waals surface area contributed by atoms with Crippen LogP contribution in [0.5, 0.6) is 5.88 Å². The number of likely N-dealkylation sites (tertiary alicyclic amines) is 1. The molecule has 1 saturated heterocycles. The number of amides is 1.